The first-order valence-corrected chi connectivity index (χ1v) is 11.2. The lowest BCUT2D eigenvalue weighted by atomic mass is 10.1. The van der Waals surface area contributed by atoms with Gasteiger partial charge >= 0.3 is 0 Å². The van der Waals surface area contributed by atoms with Gasteiger partial charge in [0, 0.05) is 18.7 Å². The second-order valence-corrected chi connectivity index (χ2v) is 9.17. The quantitative estimate of drug-likeness (QED) is 0.810. The highest BCUT2D eigenvalue weighted by Gasteiger charge is 2.27. The second kappa shape index (κ2) is 8.04. The molecular weight excluding hydrogens is 392 g/mol. The Morgan fingerprint density at radius 3 is 2.34 bits per heavy atom. The average Bonchev–Trinajstić information content (AvgIpc) is 3.29. The standard InChI is InChI=1S/C21H24N2O5S/c1-15(17-6-9-19-20(14-17)28-13-12-27-19)22-21(24)16-4-7-18(8-5-16)29(25,26)23-10-2-3-11-23/h4-9,14-15H,2-3,10-13H2,1H3,(H,22,24). The molecule has 0 aliphatic carbocycles. The maximum absolute atomic E-state index is 12.6. The summed E-state index contributed by atoms with van der Waals surface area (Å²) in [6, 6.07) is 11.4. The number of nitrogens with one attached hydrogen (secondary N) is 1. The predicted octanol–water partition coefficient (Wildman–Crippen LogP) is 2.73. The van der Waals surface area contributed by atoms with E-state index in [1.165, 1.54) is 16.4 Å². The zero-order valence-electron chi connectivity index (χ0n) is 16.3. The fraction of sp³-hybridized carbons (Fsp3) is 0.381. The van der Waals surface area contributed by atoms with Crippen LogP contribution in [0.15, 0.2) is 47.4 Å². The van der Waals surface area contributed by atoms with Crippen molar-refractivity contribution in [3.63, 3.8) is 0 Å². The summed E-state index contributed by atoms with van der Waals surface area (Å²) >= 11 is 0. The summed E-state index contributed by atoms with van der Waals surface area (Å²) in [6.45, 7) is 4.02. The lowest BCUT2D eigenvalue weighted by Crippen LogP contribution is -2.28. The Morgan fingerprint density at radius 1 is 1.00 bits per heavy atom. The highest BCUT2D eigenvalue weighted by molar-refractivity contribution is 7.89. The van der Waals surface area contributed by atoms with Crippen molar-refractivity contribution in [1.29, 1.82) is 0 Å². The van der Waals surface area contributed by atoms with Gasteiger partial charge in [-0.3, -0.25) is 4.79 Å². The fourth-order valence-electron chi connectivity index (χ4n) is 3.55. The van der Waals surface area contributed by atoms with Gasteiger partial charge < -0.3 is 14.8 Å². The molecule has 2 aromatic rings. The van der Waals surface area contributed by atoms with Gasteiger partial charge in [-0.1, -0.05) is 6.07 Å². The molecule has 1 fully saturated rings. The maximum atomic E-state index is 12.6. The monoisotopic (exact) mass is 416 g/mol. The molecule has 29 heavy (non-hydrogen) atoms. The minimum absolute atomic E-state index is 0.218. The number of amides is 1. The molecule has 1 N–H and O–H groups in total. The summed E-state index contributed by atoms with van der Waals surface area (Å²) in [4.78, 5) is 12.8. The van der Waals surface area contributed by atoms with E-state index in [-0.39, 0.29) is 16.8 Å². The van der Waals surface area contributed by atoms with Crippen LogP contribution in [0.3, 0.4) is 0 Å². The normalized spacial score (nSPS) is 17.7. The van der Waals surface area contributed by atoms with E-state index in [1.807, 2.05) is 25.1 Å². The Bertz CT molecular complexity index is 998. The van der Waals surface area contributed by atoms with Crippen LogP contribution in [0, 0.1) is 0 Å². The van der Waals surface area contributed by atoms with Gasteiger partial charge in [0.15, 0.2) is 11.5 Å². The molecule has 2 aliphatic heterocycles. The number of hydrogen-bond acceptors (Lipinski definition) is 5. The van der Waals surface area contributed by atoms with Gasteiger partial charge in [0.1, 0.15) is 13.2 Å². The number of ether oxygens (including phenoxy) is 2. The molecule has 0 aromatic heterocycles. The minimum atomic E-state index is -3.48. The molecule has 1 saturated heterocycles. The number of nitrogens with zero attached hydrogens (tertiary/aromatic N) is 1. The Labute approximate surface area is 170 Å². The molecule has 7 nitrogen and oxygen atoms in total. The lowest BCUT2D eigenvalue weighted by Gasteiger charge is -2.21. The Kier molecular flexibility index (Phi) is 5.47. The molecule has 154 valence electrons. The van der Waals surface area contributed by atoms with Gasteiger partial charge in [0.2, 0.25) is 10.0 Å². The topological polar surface area (TPSA) is 84.9 Å². The molecule has 8 heteroatoms. The molecule has 2 aliphatic rings. The van der Waals surface area contributed by atoms with Crippen molar-refractivity contribution >= 4 is 15.9 Å². The van der Waals surface area contributed by atoms with E-state index < -0.39 is 10.0 Å². The highest BCUT2D eigenvalue weighted by atomic mass is 32.2. The zero-order valence-corrected chi connectivity index (χ0v) is 17.1. The summed E-state index contributed by atoms with van der Waals surface area (Å²) in [5.41, 5.74) is 1.31. The SMILES string of the molecule is CC(NC(=O)c1ccc(S(=O)(=O)N2CCCC2)cc1)c1ccc2c(c1)OCCO2. The van der Waals surface area contributed by atoms with Crippen LogP contribution in [0.4, 0.5) is 0 Å². The van der Waals surface area contributed by atoms with E-state index in [2.05, 4.69) is 5.32 Å². The third-order valence-electron chi connectivity index (χ3n) is 5.23. The smallest absolute Gasteiger partial charge is 0.251 e. The molecule has 1 amide bonds. The molecular formula is C21H24N2O5S. The van der Waals surface area contributed by atoms with E-state index in [0.29, 0.717) is 43.4 Å². The third-order valence-corrected chi connectivity index (χ3v) is 7.15. The summed E-state index contributed by atoms with van der Waals surface area (Å²) in [6.07, 6.45) is 1.77. The van der Waals surface area contributed by atoms with Crippen LogP contribution in [0.2, 0.25) is 0 Å². The van der Waals surface area contributed by atoms with Crippen molar-refractivity contribution in [1.82, 2.24) is 9.62 Å². The van der Waals surface area contributed by atoms with Gasteiger partial charge in [-0.05, 0) is 61.7 Å². The van der Waals surface area contributed by atoms with Crippen molar-refractivity contribution in [3.05, 3.63) is 53.6 Å². The first-order chi connectivity index (χ1) is 13.9. The molecule has 0 spiro atoms. The molecule has 1 atom stereocenters. The van der Waals surface area contributed by atoms with E-state index in [4.69, 9.17) is 9.47 Å². The number of benzene rings is 2. The van der Waals surface area contributed by atoms with E-state index in [9.17, 15) is 13.2 Å². The number of rotatable bonds is 5. The number of hydrogen-bond donors (Lipinski definition) is 1. The third kappa shape index (κ3) is 4.09. The highest BCUT2D eigenvalue weighted by Crippen LogP contribution is 2.32. The van der Waals surface area contributed by atoms with Gasteiger partial charge in [-0.15, -0.1) is 0 Å². The second-order valence-electron chi connectivity index (χ2n) is 7.23. The van der Waals surface area contributed by atoms with Crippen LogP contribution in [-0.4, -0.2) is 44.9 Å². The largest absolute Gasteiger partial charge is 0.486 e. The summed E-state index contributed by atoms with van der Waals surface area (Å²) in [7, 11) is -3.48. The number of carbonyl (C=O) groups excluding carboxylic acids is 1. The van der Waals surface area contributed by atoms with Crippen LogP contribution in [0.25, 0.3) is 0 Å². The van der Waals surface area contributed by atoms with Crippen molar-refractivity contribution in [3.8, 4) is 11.5 Å². The molecule has 0 bridgehead atoms. The molecule has 0 radical (unpaired) electrons. The van der Waals surface area contributed by atoms with Crippen LogP contribution in [0.5, 0.6) is 11.5 Å². The predicted molar refractivity (Wildman–Crippen MR) is 108 cm³/mol. The lowest BCUT2D eigenvalue weighted by molar-refractivity contribution is 0.0939. The molecule has 2 heterocycles. The summed E-state index contributed by atoms with van der Waals surface area (Å²) in [5, 5.41) is 2.94. The van der Waals surface area contributed by atoms with Crippen molar-refractivity contribution in [2.45, 2.75) is 30.7 Å². The van der Waals surface area contributed by atoms with Gasteiger partial charge in [-0.2, -0.15) is 4.31 Å². The fourth-order valence-corrected chi connectivity index (χ4v) is 5.07. The van der Waals surface area contributed by atoms with Gasteiger partial charge in [0.05, 0.1) is 10.9 Å². The van der Waals surface area contributed by atoms with Crippen LogP contribution >= 0.6 is 0 Å². The molecule has 2 aromatic carbocycles. The van der Waals surface area contributed by atoms with E-state index >= 15 is 0 Å². The minimum Gasteiger partial charge on any atom is -0.486 e. The zero-order chi connectivity index (χ0) is 20.4. The molecule has 0 saturated carbocycles. The molecule has 4 rings (SSSR count). The van der Waals surface area contributed by atoms with Gasteiger partial charge in [-0.25, -0.2) is 8.42 Å². The van der Waals surface area contributed by atoms with Crippen LogP contribution in [0.1, 0.15) is 41.7 Å². The number of sulfonamides is 1. The van der Waals surface area contributed by atoms with Crippen molar-refractivity contribution in [2.75, 3.05) is 26.3 Å². The number of fused-ring (bicyclic) bond motifs is 1. The first-order valence-electron chi connectivity index (χ1n) is 9.76. The Hall–Kier alpha value is -2.58. The van der Waals surface area contributed by atoms with Crippen LogP contribution < -0.4 is 14.8 Å². The van der Waals surface area contributed by atoms with Gasteiger partial charge in [0.25, 0.3) is 5.91 Å². The average molecular weight is 416 g/mol. The van der Waals surface area contributed by atoms with E-state index in [1.54, 1.807) is 12.1 Å². The number of carbonyl (C=O) groups is 1. The first kappa shape index (κ1) is 19.7. The van der Waals surface area contributed by atoms with E-state index in [0.717, 1.165) is 18.4 Å². The summed E-state index contributed by atoms with van der Waals surface area (Å²) < 4.78 is 37.8. The van der Waals surface area contributed by atoms with Crippen molar-refractivity contribution < 1.29 is 22.7 Å². The summed E-state index contributed by atoms with van der Waals surface area (Å²) in [5.74, 6) is 1.11. The maximum Gasteiger partial charge on any atom is 0.251 e. The van der Waals surface area contributed by atoms with Crippen LogP contribution in [-0.2, 0) is 10.0 Å². The Balaban J connectivity index is 1.44. The van der Waals surface area contributed by atoms with Crippen molar-refractivity contribution in [2.24, 2.45) is 0 Å². The molecule has 1 unspecified atom stereocenters. The Morgan fingerprint density at radius 2 is 1.66 bits per heavy atom.